The second-order valence-corrected chi connectivity index (χ2v) is 3.92. The van der Waals surface area contributed by atoms with Crippen LogP contribution in [0.5, 0.6) is 0 Å². The Hall–Kier alpha value is -2.80. The number of carbonyl (C=O) groups is 2. The number of carbonyl (C=O) groups excluding carboxylic acids is 2. The predicted octanol–water partition coefficient (Wildman–Crippen LogP) is 3.03. The summed E-state index contributed by atoms with van der Waals surface area (Å²) in [5.41, 5.74) is 0.400. The summed E-state index contributed by atoms with van der Waals surface area (Å²) in [5.74, 6) is 2.26. The van der Waals surface area contributed by atoms with Crippen LogP contribution in [-0.2, 0) is 0 Å². The first-order valence-corrected chi connectivity index (χ1v) is 5.68. The minimum atomic E-state index is -0.583. The van der Waals surface area contributed by atoms with Gasteiger partial charge in [0.2, 0.25) is 11.6 Å². The number of halogens is 2. The van der Waals surface area contributed by atoms with E-state index >= 15 is 0 Å². The van der Waals surface area contributed by atoms with Crippen molar-refractivity contribution in [2.75, 3.05) is 0 Å². The molecule has 20 heavy (non-hydrogen) atoms. The number of rotatable bonds is 2. The van der Waals surface area contributed by atoms with Gasteiger partial charge in [-0.3, -0.25) is 9.59 Å². The molecule has 0 spiro atoms. The summed E-state index contributed by atoms with van der Waals surface area (Å²) < 4.78 is 25.4. The summed E-state index contributed by atoms with van der Waals surface area (Å²) in [7, 11) is 0. The smallest absolute Gasteiger partial charge is 0.236 e. The molecule has 0 aromatic heterocycles. The van der Waals surface area contributed by atoms with Gasteiger partial charge in [0.1, 0.15) is 11.6 Å². The lowest BCUT2D eigenvalue weighted by atomic mass is 10.1. The van der Waals surface area contributed by atoms with Gasteiger partial charge in [0.25, 0.3) is 0 Å². The van der Waals surface area contributed by atoms with E-state index in [9.17, 15) is 18.4 Å². The fourth-order valence-corrected chi connectivity index (χ4v) is 1.46. The summed E-state index contributed by atoms with van der Waals surface area (Å²) in [6.45, 7) is 0. The maximum absolute atomic E-state index is 12.7. The normalized spacial score (nSPS) is 9.50. The third-order valence-electron chi connectivity index (χ3n) is 2.50. The first kappa shape index (κ1) is 13.6. The van der Waals surface area contributed by atoms with Crippen LogP contribution in [0.3, 0.4) is 0 Å². The zero-order chi connectivity index (χ0) is 14.5. The highest BCUT2D eigenvalue weighted by atomic mass is 19.1. The van der Waals surface area contributed by atoms with E-state index in [1.807, 2.05) is 0 Å². The van der Waals surface area contributed by atoms with Crippen molar-refractivity contribution in [1.29, 1.82) is 0 Å². The van der Waals surface area contributed by atoms with Crippen molar-refractivity contribution in [3.05, 3.63) is 71.3 Å². The second-order valence-electron chi connectivity index (χ2n) is 3.92. The lowest BCUT2D eigenvalue weighted by Gasteiger charge is -1.94. The molecule has 0 radical (unpaired) electrons. The van der Waals surface area contributed by atoms with E-state index in [-0.39, 0.29) is 11.1 Å². The van der Waals surface area contributed by atoms with Gasteiger partial charge in [-0.1, -0.05) is 0 Å². The fourth-order valence-electron chi connectivity index (χ4n) is 1.46. The Morgan fingerprint density at radius 1 is 0.650 bits per heavy atom. The van der Waals surface area contributed by atoms with Gasteiger partial charge in [-0.2, -0.15) is 0 Å². The van der Waals surface area contributed by atoms with E-state index in [1.165, 1.54) is 24.3 Å². The van der Waals surface area contributed by atoms with E-state index in [0.717, 1.165) is 24.3 Å². The first-order chi connectivity index (χ1) is 9.56. The molecule has 0 atom stereocenters. The maximum atomic E-state index is 12.7. The second kappa shape index (κ2) is 5.89. The minimum absolute atomic E-state index is 0.200. The monoisotopic (exact) mass is 270 g/mol. The molecule has 0 amide bonds. The fraction of sp³-hybridized carbons (Fsp3) is 0. The van der Waals surface area contributed by atoms with E-state index in [2.05, 4.69) is 11.8 Å². The van der Waals surface area contributed by atoms with Crippen molar-refractivity contribution < 1.29 is 18.4 Å². The van der Waals surface area contributed by atoms with Crippen LogP contribution in [0.15, 0.2) is 48.5 Å². The number of hydrogen-bond donors (Lipinski definition) is 0. The zero-order valence-corrected chi connectivity index (χ0v) is 10.2. The summed E-state index contributed by atoms with van der Waals surface area (Å²) >= 11 is 0. The molecular weight excluding hydrogens is 262 g/mol. The summed E-state index contributed by atoms with van der Waals surface area (Å²) in [4.78, 5) is 23.3. The van der Waals surface area contributed by atoms with E-state index < -0.39 is 23.2 Å². The van der Waals surface area contributed by atoms with Crippen LogP contribution < -0.4 is 0 Å². The van der Waals surface area contributed by atoms with Crippen molar-refractivity contribution >= 4 is 11.6 Å². The molecule has 98 valence electrons. The topological polar surface area (TPSA) is 34.1 Å². The van der Waals surface area contributed by atoms with Crippen LogP contribution in [0.4, 0.5) is 8.78 Å². The summed E-state index contributed by atoms with van der Waals surface area (Å²) in [6.07, 6.45) is 0. The van der Waals surface area contributed by atoms with Crippen molar-refractivity contribution in [2.45, 2.75) is 0 Å². The molecule has 0 heterocycles. The van der Waals surface area contributed by atoms with Crippen molar-refractivity contribution in [2.24, 2.45) is 0 Å². The molecule has 0 aliphatic rings. The average molecular weight is 270 g/mol. The Morgan fingerprint density at radius 2 is 0.950 bits per heavy atom. The Balaban J connectivity index is 2.14. The van der Waals surface area contributed by atoms with Crippen LogP contribution in [-0.4, -0.2) is 11.6 Å². The standard InChI is InChI=1S/C16H8F2O2/c17-13-5-1-11(2-6-13)15(19)9-10-16(20)12-3-7-14(18)8-4-12/h1-8H. The summed E-state index contributed by atoms with van der Waals surface area (Å²) in [5, 5.41) is 0. The Kier molecular flexibility index (Phi) is 4.02. The third kappa shape index (κ3) is 3.36. The van der Waals surface area contributed by atoms with Crippen LogP contribution in [0.25, 0.3) is 0 Å². The molecule has 2 nitrogen and oxygen atoms in total. The molecule has 0 N–H and O–H groups in total. The molecular formula is C16H8F2O2. The molecule has 0 unspecified atom stereocenters. The molecule has 0 aliphatic heterocycles. The lowest BCUT2D eigenvalue weighted by molar-refractivity contribution is 0.103. The van der Waals surface area contributed by atoms with Crippen LogP contribution in [0, 0.1) is 23.5 Å². The molecule has 2 aromatic carbocycles. The van der Waals surface area contributed by atoms with Gasteiger partial charge in [-0.15, -0.1) is 0 Å². The van der Waals surface area contributed by atoms with E-state index in [1.54, 1.807) is 0 Å². The highest BCUT2D eigenvalue weighted by Crippen LogP contribution is 2.05. The highest BCUT2D eigenvalue weighted by Gasteiger charge is 2.05. The number of Topliss-reactive ketones (excluding diaryl/α,β-unsaturated/α-hetero) is 2. The molecule has 0 fully saturated rings. The van der Waals surface area contributed by atoms with Crippen molar-refractivity contribution in [1.82, 2.24) is 0 Å². The molecule has 0 saturated carbocycles. The highest BCUT2D eigenvalue weighted by molar-refractivity contribution is 6.16. The third-order valence-corrected chi connectivity index (χ3v) is 2.50. The molecule has 2 rings (SSSR count). The molecule has 0 saturated heterocycles. The van der Waals surface area contributed by atoms with Gasteiger partial charge in [0, 0.05) is 11.1 Å². The van der Waals surface area contributed by atoms with Gasteiger partial charge in [0.15, 0.2) is 0 Å². The zero-order valence-electron chi connectivity index (χ0n) is 10.2. The van der Waals surface area contributed by atoms with Crippen molar-refractivity contribution in [3.63, 3.8) is 0 Å². The minimum Gasteiger partial charge on any atom is -0.279 e. The Labute approximate surface area is 114 Å². The van der Waals surface area contributed by atoms with E-state index in [0.29, 0.717) is 0 Å². The maximum Gasteiger partial charge on any atom is 0.236 e. The number of benzene rings is 2. The van der Waals surface area contributed by atoms with Crippen LogP contribution in [0.1, 0.15) is 20.7 Å². The predicted molar refractivity (Wildman–Crippen MR) is 69.2 cm³/mol. The molecule has 0 aliphatic carbocycles. The van der Waals surface area contributed by atoms with Gasteiger partial charge >= 0.3 is 0 Å². The molecule has 4 heteroatoms. The van der Waals surface area contributed by atoms with Crippen LogP contribution in [0.2, 0.25) is 0 Å². The largest absolute Gasteiger partial charge is 0.279 e. The average Bonchev–Trinajstić information content (AvgIpc) is 2.46. The van der Waals surface area contributed by atoms with Gasteiger partial charge < -0.3 is 0 Å². The molecule has 2 aromatic rings. The summed E-state index contributed by atoms with van der Waals surface area (Å²) in [6, 6.07) is 9.69. The SMILES string of the molecule is O=C(C#CC(=O)c1ccc(F)cc1)c1ccc(F)cc1. The lowest BCUT2D eigenvalue weighted by Crippen LogP contribution is -1.99. The van der Waals surface area contributed by atoms with E-state index in [4.69, 9.17) is 0 Å². The van der Waals surface area contributed by atoms with Gasteiger partial charge in [0.05, 0.1) is 0 Å². The van der Waals surface area contributed by atoms with Gasteiger partial charge in [-0.05, 0) is 60.4 Å². The van der Waals surface area contributed by atoms with Crippen LogP contribution >= 0.6 is 0 Å². The van der Waals surface area contributed by atoms with Gasteiger partial charge in [-0.25, -0.2) is 8.78 Å². The van der Waals surface area contributed by atoms with Crippen molar-refractivity contribution in [3.8, 4) is 11.8 Å². The number of ketones is 2. The number of hydrogen-bond acceptors (Lipinski definition) is 2. The molecule has 0 bridgehead atoms. The Morgan fingerprint density at radius 3 is 1.25 bits per heavy atom. The quantitative estimate of drug-likeness (QED) is 0.477. The first-order valence-electron chi connectivity index (χ1n) is 5.68. The Bertz CT molecular complexity index is 643.